The Balaban J connectivity index is 1.60. The average Bonchev–Trinajstić information content (AvgIpc) is 2.98. The zero-order valence-corrected chi connectivity index (χ0v) is 22.2. The van der Waals surface area contributed by atoms with Crippen molar-refractivity contribution in [2.75, 3.05) is 20.8 Å². The average molecular weight is 598 g/mol. The third-order valence-corrected chi connectivity index (χ3v) is 7.20. The first-order valence-electron chi connectivity index (χ1n) is 12.5. The Hall–Kier alpha value is -5.09. The summed E-state index contributed by atoms with van der Waals surface area (Å²) in [4.78, 5) is 40.1. The molecule has 15 heteroatoms. The van der Waals surface area contributed by atoms with Crippen molar-refractivity contribution in [2.24, 2.45) is 0 Å². The number of hydrogen-bond acceptors (Lipinski definition) is 15. The van der Waals surface area contributed by atoms with Gasteiger partial charge in [0, 0.05) is 16.3 Å². The molecule has 6 rings (SSSR count). The monoisotopic (exact) mass is 598 g/mol. The van der Waals surface area contributed by atoms with E-state index in [1.807, 2.05) is 0 Å². The summed E-state index contributed by atoms with van der Waals surface area (Å²) in [5.41, 5.74) is -3.13. The third kappa shape index (κ3) is 4.17. The lowest BCUT2D eigenvalue weighted by atomic mass is 9.95. The van der Waals surface area contributed by atoms with E-state index in [0.29, 0.717) is 0 Å². The highest BCUT2D eigenvalue weighted by atomic mass is 16.7. The Labute approximate surface area is 238 Å². The van der Waals surface area contributed by atoms with Gasteiger partial charge in [-0.15, -0.1) is 0 Å². The molecule has 0 unspecified atom stereocenters. The van der Waals surface area contributed by atoms with Crippen LogP contribution in [-0.4, -0.2) is 81.9 Å². The van der Waals surface area contributed by atoms with Gasteiger partial charge in [-0.25, -0.2) is 9.59 Å². The van der Waals surface area contributed by atoms with Crippen LogP contribution < -0.4 is 25.5 Å². The van der Waals surface area contributed by atoms with Gasteiger partial charge in [0.1, 0.15) is 18.3 Å². The van der Waals surface area contributed by atoms with E-state index in [1.165, 1.54) is 20.3 Å². The largest absolute Gasteiger partial charge is 0.504 e. The number of carbonyl (C=O) groups is 1. The number of methoxy groups -OCH3 is 2. The molecule has 5 aromatic rings. The van der Waals surface area contributed by atoms with Crippen molar-refractivity contribution >= 4 is 38.5 Å². The van der Waals surface area contributed by atoms with Gasteiger partial charge in [-0.2, -0.15) is 0 Å². The predicted octanol–water partition coefficient (Wildman–Crippen LogP) is 0.673. The Morgan fingerprint density at radius 3 is 1.95 bits per heavy atom. The molecule has 224 valence electrons. The molecule has 0 aliphatic carbocycles. The van der Waals surface area contributed by atoms with Crippen molar-refractivity contribution in [3.63, 3.8) is 0 Å². The SMILES string of the molecule is COc1c(O[C@@H]2OC[C@@H](O)[C@H](O)[C@H]2O)cc2c(=O)oc3c(OC)c(C(=O)c4cc(O)c(O)c(O)c4)cc4c(=O)oc1c2c34. The van der Waals surface area contributed by atoms with E-state index in [0.717, 1.165) is 18.2 Å². The predicted molar refractivity (Wildman–Crippen MR) is 144 cm³/mol. The number of benzene rings is 3. The minimum Gasteiger partial charge on any atom is -0.504 e. The number of carbonyl (C=O) groups excluding carboxylic acids is 1. The number of aromatic hydroxyl groups is 3. The molecule has 1 saturated heterocycles. The molecule has 1 fully saturated rings. The Kier molecular flexibility index (Phi) is 6.54. The van der Waals surface area contributed by atoms with Crippen LogP contribution in [0, 0.1) is 0 Å². The van der Waals surface area contributed by atoms with Gasteiger partial charge in [-0.1, -0.05) is 0 Å². The molecule has 4 atom stereocenters. The summed E-state index contributed by atoms with van der Waals surface area (Å²) in [5, 5.41) is 59.3. The topological polar surface area (TPSA) is 236 Å². The van der Waals surface area contributed by atoms with Gasteiger partial charge in [0.05, 0.1) is 37.2 Å². The molecule has 1 aliphatic heterocycles. The molecule has 0 saturated carbocycles. The fourth-order valence-electron chi connectivity index (χ4n) is 5.12. The maximum atomic E-state index is 13.5. The fraction of sp³-hybridized carbons (Fsp3) is 0.250. The summed E-state index contributed by atoms with van der Waals surface area (Å²) >= 11 is 0. The molecule has 0 radical (unpaired) electrons. The second-order valence-corrected chi connectivity index (χ2v) is 9.71. The number of aliphatic hydroxyl groups excluding tert-OH is 3. The zero-order valence-electron chi connectivity index (χ0n) is 22.2. The van der Waals surface area contributed by atoms with Crippen LogP contribution in [0.3, 0.4) is 0 Å². The third-order valence-electron chi connectivity index (χ3n) is 7.20. The van der Waals surface area contributed by atoms with E-state index in [4.69, 9.17) is 27.8 Å². The molecule has 6 N–H and O–H groups in total. The van der Waals surface area contributed by atoms with Crippen LogP contribution in [0.1, 0.15) is 15.9 Å². The van der Waals surface area contributed by atoms with E-state index >= 15 is 0 Å². The second-order valence-electron chi connectivity index (χ2n) is 9.71. The minimum absolute atomic E-state index is 0.0306. The number of ketones is 1. The van der Waals surface area contributed by atoms with Gasteiger partial charge >= 0.3 is 11.3 Å². The number of aliphatic hydroxyl groups is 3. The highest BCUT2D eigenvalue weighted by molar-refractivity contribution is 6.25. The Morgan fingerprint density at radius 2 is 1.37 bits per heavy atom. The van der Waals surface area contributed by atoms with Crippen molar-refractivity contribution in [3.05, 3.63) is 56.2 Å². The van der Waals surface area contributed by atoms with Crippen LogP contribution in [0.15, 0.2) is 42.7 Å². The molecule has 0 spiro atoms. The van der Waals surface area contributed by atoms with Crippen LogP contribution >= 0.6 is 0 Å². The van der Waals surface area contributed by atoms with Crippen LogP contribution in [0.4, 0.5) is 0 Å². The van der Waals surface area contributed by atoms with E-state index in [-0.39, 0.29) is 67.7 Å². The fourth-order valence-corrected chi connectivity index (χ4v) is 5.12. The minimum atomic E-state index is -1.69. The van der Waals surface area contributed by atoms with E-state index < -0.39 is 58.9 Å². The van der Waals surface area contributed by atoms with Gasteiger partial charge in [-0.3, -0.25) is 4.79 Å². The summed E-state index contributed by atoms with van der Waals surface area (Å²) in [5.74, 6) is -3.97. The molecular formula is C28H22O15. The number of hydrogen-bond donors (Lipinski definition) is 6. The van der Waals surface area contributed by atoms with Crippen molar-refractivity contribution < 1.29 is 63.2 Å². The van der Waals surface area contributed by atoms with Crippen molar-refractivity contribution in [3.8, 4) is 34.5 Å². The van der Waals surface area contributed by atoms with E-state index in [1.54, 1.807) is 0 Å². The first-order chi connectivity index (χ1) is 20.5. The highest BCUT2D eigenvalue weighted by Gasteiger charge is 2.40. The molecule has 2 aromatic heterocycles. The number of rotatable bonds is 6. The molecule has 1 aliphatic rings. The van der Waals surface area contributed by atoms with Gasteiger partial charge in [-0.05, 0) is 24.3 Å². The maximum absolute atomic E-state index is 13.5. The van der Waals surface area contributed by atoms with Gasteiger partial charge in [0.15, 0.2) is 45.7 Å². The number of phenolic OH excluding ortho intramolecular Hbond substituents is 3. The second kappa shape index (κ2) is 10.0. The first-order valence-corrected chi connectivity index (χ1v) is 12.5. The smallest absolute Gasteiger partial charge is 0.344 e. The van der Waals surface area contributed by atoms with E-state index in [9.17, 15) is 45.0 Å². The molecule has 0 bridgehead atoms. The molecule has 15 nitrogen and oxygen atoms in total. The van der Waals surface area contributed by atoms with Crippen LogP contribution in [0.5, 0.6) is 34.5 Å². The lowest BCUT2D eigenvalue weighted by Gasteiger charge is -2.35. The van der Waals surface area contributed by atoms with Crippen LogP contribution in [-0.2, 0) is 4.74 Å². The molecule has 0 amide bonds. The standard InChI is InChI=1S/C28H22O15/c1-38-22-11(18(32)8-3-12(29)19(33)13(30)4-8)5-9-16-17-10(27(37)42-24(16)22)6-15(23(39-2)25(17)43-26(9)36)41-28-21(35)20(34)14(31)7-40-28/h3-6,14,20-21,28-31,33-35H,7H2,1-2H3/t14-,20+,21-,28+/m1/s1. The normalized spacial score (nSPS) is 20.6. The van der Waals surface area contributed by atoms with E-state index in [2.05, 4.69) is 0 Å². The summed E-state index contributed by atoms with van der Waals surface area (Å²) in [6, 6.07) is 4.09. The van der Waals surface area contributed by atoms with Crippen molar-refractivity contribution in [1.29, 1.82) is 0 Å². The van der Waals surface area contributed by atoms with Crippen molar-refractivity contribution in [1.82, 2.24) is 0 Å². The lowest BCUT2D eigenvalue weighted by molar-refractivity contribution is -0.242. The number of ether oxygens (including phenoxy) is 4. The molecule has 3 heterocycles. The van der Waals surface area contributed by atoms with Crippen molar-refractivity contribution in [2.45, 2.75) is 24.6 Å². The summed E-state index contributed by atoms with van der Waals surface area (Å²) < 4.78 is 32.9. The Morgan fingerprint density at radius 1 is 0.814 bits per heavy atom. The number of phenols is 3. The zero-order chi connectivity index (χ0) is 30.9. The Bertz CT molecular complexity index is 2020. The summed E-state index contributed by atoms with van der Waals surface area (Å²) in [6.07, 6.45) is -6.17. The lowest BCUT2D eigenvalue weighted by Crippen LogP contribution is -2.54. The first kappa shape index (κ1) is 28.0. The molecule has 43 heavy (non-hydrogen) atoms. The van der Waals surface area contributed by atoms with Gasteiger partial charge in [0.2, 0.25) is 12.0 Å². The molecule has 3 aromatic carbocycles. The van der Waals surface area contributed by atoms with Crippen LogP contribution in [0.2, 0.25) is 0 Å². The summed E-state index contributed by atoms with van der Waals surface area (Å²) in [7, 11) is 2.41. The summed E-state index contributed by atoms with van der Waals surface area (Å²) in [6.45, 7) is -0.374. The maximum Gasteiger partial charge on any atom is 0.344 e. The quantitative estimate of drug-likeness (QED) is 0.0682. The van der Waals surface area contributed by atoms with Crippen LogP contribution in [0.25, 0.3) is 32.7 Å². The highest BCUT2D eigenvalue weighted by Crippen LogP contribution is 2.45. The van der Waals surface area contributed by atoms with Gasteiger partial charge in [0.25, 0.3) is 0 Å². The van der Waals surface area contributed by atoms with Gasteiger partial charge < -0.3 is 58.4 Å². The molecular weight excluding hydrogens is 576 g/mol.